The molecule has 1 fully saturated rings. The lowest BCUT2D eigenvalue weighted by atomic mass is 10.1. The van der Waals surface area contributed by atoms with E-state index in [0.29, 0.717) is 0 Å². The van der Waals surface area contributed by atoms with Crippen molar-refractivity contribution < 1.29 is 28.5 Å². The highest BCUT2D eigenvalue weighted by atomic mass is 19.3. The van der Waals surface area contributed by atoms with Crippen molar-refractivity contribution in [3.8, 4) is 0 Å². The average molecular weight is 168 g/mol. The van der Waals surface area contributed by atoms with Gasteiger partial charge in [-0.2, -0.15) is 8.78 Å². The first-order valence-electron chi connectivity index (χ1n) is 2.88. The highest BCUT2D eigenvalue weighted by Gasteiger charge is 2.59. The van der Waals surface area contributed by atoms with Gasteiger partial charge in [0.05, 0.1) is 6.61 Å². The smallest absolute Gasteiger partial charge is 0.380 e. The summed E-state index contributed by atoms with van der Waals surface area (Å²) in [4.78, 5) is 10.2. The van der Waals surface area contributed by atoms with E-state index in [4.69, 9.17) is 10.2 Å². The van der Waals surface area contributed by atoms with Crippen LogP contribution in [0.5, 0.6) is 0 Å². The van der Waals surface area contributed by atoms with Gasteiger partial charge in [-0.1, -0.05) is 0 Å². The maximum atomic E-state index is 12.3. The zero-order chi connectivity index (χ0) is 8.65. The molecule has 0 aromatic heterocycles. The van der Waals surface area contributed by atoms with Crippen molar-refractivity contribution in [2.45, 2.75) is 18.1 Å². The molecule has 6 heteroatoms. The average Bonchev–Trinajstić information content (AvgIpc) is 2.14. The Morgan fingerprint density at radius 1 is 1.64 bits per heavy atom. The van der Waals surface area contributed by atoms with Gasteiger partial charge in [0.1, 0.15) is 0 Å². The molecule has 1 saturated heterocycles. The molecule has 11 heavy (non-hydrogen) atoms. The van der Waals surface area contributed by atoms with Crippen LogP contribution in [0.3, 0.4) is 0 Å². The monoisotopic (exact) mass is 168 g/mol. The Morgan fingerprint density at radius 3 is 2.36 bits per heavy atom. The van der Waals surface area contributed by atoms with E-state index in [0.717, 1.165) is 0 Å². The molecular formula is C5H6F2O4. The van der Waals surface area contributed by atoms with Crippen LogP contribution >= 0.6 is 0 Å². The number of cyclic esters (lactones) is 1. The summed E-state index contributed by atoms with van der Waals surface area (Å²) in [7, 11) is 0. The van der Waals surface area contributed by atoms with E-state index in [9.17, 15) is 13.6 Å². The molecule has 1 aliphatic rings. The molecule has 4 nitrogen and oxygen atoms in total. The summed E-state index contributed by atoms with van der Waals surface area (Å²) in [6.07, 6.45) is -3.74. The fraction of sp³-hybridized carbons (Fsp3) is 0.800. The Bertz CT molecular complexity index is 181. The number of aliphatic hydroxyl groups is 2. The molecule has 64 valence electrons. The van der Waals surface area contributed by atoms with Crippen LogP contribution in [0.1, 0.15) is 0 Å². The van der Waals surface area contributed by atoms with E-state index >= 15 is 0 Å². The van der Waals surface area contributed by atoms with Crippen LogP contribution in [0.15, 0.2) is 0 Å². The molecule has 0 aromatic rings. The molecule has 1 heterocycles. The zero-order valence-electron chi connectivity index (χ0n) is 5.33. The number of halogens is 2. The third-order valence-electron chi connectivity index (χ3n) is 1.43. The molecule has 2 N–H and O–H groups in total. The molecule has 2 unspecified atom stereocenters. The van der Waals surface area contributed by atoms with Crippen molar-refractivity contribution in [3.63, 3.8) is 0 Å². The van der Waals surface area contributed by atoms with Crippen LogP contribution in [-0.4, -0.2) is 40.9 Å². The zero-order valence-corrected chi connectivity index (χ0v) is 5.33. The predicted octanol–water partition coefficient (Wildman–Crippen LogP) is -1.10. The minimum absolute atomic E-state index is 0.803. The molecule has 0 radical (unpaired) electrons. The van der Waals surface area contributed by atoms with Gasteiger partial charge in [0.2, 0.25) is 0 Å². The number of carbonyl (C=O) groups is 1. The van der Waals surface area contributed by atoms with Crippen molar-refractivity contribution in [1.29, 1.82) is 0 Å². The summed E-state index contributed by atoms with van der Waals surface area (Å²) < 4.78 is 28.6. The molecule has 2 atom stereocenters. The molecule has 0 aliphatic carbocycles. The number of carbonyl (C=O) groups excluding carboxylic acids is 1. The second-order valence-electron chi connectivity index (χ2n) is 2.19. The van der Waals surface area contributed by atoms with E-state index in [1.165, 1.54) is 0 Å². The Morgan fingerprint density at radius 2 is 2.18 bits per heavy atom. The van der Waals surface area contributed by atoms with Crippen LogP contribution < -0.4 is 0 Å². The van der Waals surface area contributed by atoms with Crippen LogP contribution in [0.25, 0.3) is 0 Å². The molecule has 1 aliphatic heterocycles. The van der Waals surface area contributed by atoms with E-state index in [-0.39, 0.29) is 0 Å². The number of hydrogen-bond acceptors (Lipinski definition) is 4. The quantitative estimate of drug-likeness (QED) is 0.488. The summed E-state index contributed by atoms with van der Waals surface area (Å²) in [5.74, 6) is -5.67. The lowest BCUT2D eigenvalue weighted by Crippen LogP contribution is -2.38. The van der Waals surface area contributed by atoms with Crippen LogP contribution in [0, 0.1) is 0 Å². The first-order chi connectivity index (χ1) is 5.00. The van der Waals surface area contributed by atoms with E-state index in [2.05, 4.69) is 4.74 Å². The molecule has 0 amide bonds. The Hall–Kier alpha value is -0.750. The third kappa shape index (κ3) is 1.08. The SMILES string of the molecule is O=C1OC(CO)C(O)C1(F)F. The topological polar surface area (TPSA) is 66.8 Å². The predicted molar refractivity (Wildman–Crippen MR) is 27.9 cm³/mol. The fourth-order valence-electron chi connectivity index (χ4n) is 0.772. The second-order valence-corrected chi connectivity index (χ2v) is 2.19. The second kappa shape index (κ2) is 2.38. The van der Waals surface area contributed by atoms with Crippen molar-refractivity contribution in [3.05, 3.63) is 0 Å². The summed E-state index contributed by atoms with van der Waals surface area (Å²) in [6.45, 7) is -0.803. The number of aliphatic hydroxyl groups excluding tert-OH is 2. The van der Waals surface area contributed by atoms with Gasteiger partial charge in [0, 0.05) is 0 Å². The Kier molecular flexibility index (Phi) is 1.81. The molecule has 0 spiro atoms. The van der Waals surface area contributed by atoms with Crippen molar-refractivity contribution >= 4 is 5.97 Å². The summed E-state index contributed by atoms with van der Waals surface area (Å²) >= 11 is 0. The molecule has 0 aromatic carbocycles. The van der Waals surface area contributed by atoms with Gasteiger partial charge in [-0.05, 0) is 0 Å². The van der Waals surface area contributed by atoms with Gasteiger partial charge in [-0.3, -0.25) is 0 Å². The lowest BCUT2D eigenvalue weighted by molar-refractivity contribution is -0.162. The summed E-state index contributed by atoms with van der Waals surface area (Å²) in [5, 5.41) is 16.9. The molecule has 0 saturated carbocycles. The first-order valence-corrected chi connectivity index (χ1v) is 2.88. The Labute approximate surface area is 60.4 Å². The largest absolute Gasteiger partial charge is 0.452 e. The standard InChI is InChI=1S/C5H6F2O4/c6-5(7)3(9)2(1-8)11-4(5)10/h2-3,8-9H,1H2. The number of esters is 1. The third-order valence-corrected chi connectivity index (χ3v) is 1.43. The maximum absolute atomic E-state index is 12.3. The maximum Gasteiger partial charge on any atom is 0.380 e. The summed E-state index contributed by atoms with van der Waals surface area (Å²) in [6, 6.07) is 0. The minimum Gasteiger partial charge on any atom is -0.452 e. The molecular weight excluding hydrogens is 162 g/mol. The van der Waals surface area contributed by atoms with Gasteiger partial charge < -0.3 is 14.9 Å². The van der Waals surface area contributed by atoms with Crippen LogP contribution in [0.4, 0.5) is 8.78 Å². The van der Waals surface area contributed by atoms with Gasteiger partial charge >= 0.3 is 11.9 Å². The van der Waals surface area contributed by atoms with E-state index in [1.807, 2.05) is 0 Å². The Balaban J connectivity index is 2.80. The van der Waals surface area contributed by atoms with Crippen LogP contribution in [0.2, 0.25) is 0 Å². The van der Waals surface area contributed by atoms with Crippen molar-refractivity contribution in [2.75, 3.05) is 6.61 Å². The lowest BCUT2D eigenvalue weighted by Gasteiger charge is -2.10. The molecule has 1 rings (SSSR count). The number of alkyl halides is 2. The highest BCUT2D eigenvalue weighted by molar-refractivity contribution is 5.81. The van der Waals surface area contributed by atoms with Crippen molar-refractivity contribution in [2.24, 2.45) is 0 Å². The fourth-order valence-corrected chi connectivity index (χ4v) is 0.772. The number of ether oxygens (including phenoxy) is 1. The van der Waals surface area contributed by atoms with E-state index in [1.54, 1.807) is 0 Å². The highest BCUT2D eigenvalue weighted by Crippen LogP contribution is 2.30. The van der Waals surface area contributed by atoms with Gasteiger partial charge in [-0.25, -0.2) is 4.79 Å². The first kappa shape index (κ1) is 8.35. The van der Waals surface area contributed by atoms with Gasteiger partial charge in [0.15, 0.2) is 12.2 Å². The van der Waals surface area contributed by atoms with E-state index < -0.39 is 30.7 Å². The molecule has 0 bridgehead atoms. The number of rotatable bonds is 1. The normalized spacial score (nSPS) is 35.5. The van der Waals surface area contributed by atoms with Gasteiger partial charge in [0.25, 0.3) is 0 Å². The number of hydrogen-bond donors (Lipinski definition) is 2. The minimum atomic E-state index is -3.88. The van der Waals surface area contributed by atoms with Crippen molar-refractivity contribution in [1.82, 2.24) is 0 Å². The van der Waals surface area contributed by atoms with Gasteiger partial charge in [-0.15, -0.1) is 0 Å². The van der Waals surface area contributed by atoms with Crippen LogP contribution in [-0.2, 0) is 9.53 Å². The summed E-state index contributed by atoms with van der Waals surface area (Å²) in [5.41, 5.74) is 0.